The van der Waals surface area contributed by atoms with Gasteiger partial charge in [-0.25, -0.2) is 9.48 Å². The van der Waals surface area contributed by atoms with Crippen LogP contribution in [0.2, 0.25) is 0 Å². The molecule has 2 N–H and O–H groups in total. The molecule has 0 aliphatic carbocycles. The minimum atomic E-state index is -4.50. The van der Waals surface area contributed by atoms with Gasteiger partial charge in [-0.2, -0.15) is 18.3 Å². The molecule has 0 aliphatic heterocycles. The van der Waals surface area contributed by atoms with E-state index < -0.39 is 17.8 Å². The number of carbonyl (C=O) groups excluding carboxylic acids is 1. The molecule has 0 aliphatic rings. The second-order valence-corrected chi connectivity index (χ2v) is 7.94. The summed E-state index contributed by atoms with van der Waals surface area (Å²) in [6, 6.07) is 12.6. The Labute approximate surface area is 178 Å². The van der Waals surface area contributed by atoms with Crippen LogP contribution < -0.4 is 15.4 Å². The smallest absolute Gasteiger partial charge is 0.416 e. The topological polar surface area (TPSA) is 68.2 Å². The maximum Gasteiger partial charge on any atom is 0.416 e. The molecule has 6 nitrogen and oxygen atoms in total. The quantitative estimate of drug-likeness (QED) is 0.544. The third-order valence-corrected chi connectivity index (χ3v) is 4.47. The SMILES string of the molecule is COc1cccc(-n2nc(C(C)(C)C)cc2NC(=O)Nc2cccc(C(F)(F)F)c2)c1. The molecule has 2 aromatic carbocycles. The minimum Gasteiger partial charge on any atom is -0.497 e. The lowest BCUT2D eigenvalue weighted by Gasteiger charge is -2.14. The number of nitrogens with one attached hydrogen (secondary N) is 2. The first-order valence-corrected chi connectivity index (χ1v) is 9.47. The molecule has 164 valence electrons. The number of hydrogen-bond acceptors (Lipinski definition) is 3. The predicted molar refractivity (Wildman–Crippen MR) is 113 cm³/mol. The maximum absolute atomic E-state index is 12.9. The summed E-state index contributed by atoms with van der Waals surface area (Å²) in [6.45, 7) is 5.95. The van der Waals surface area contributed by atoms with Gasteiger partial charge in [0, 0.05) is 23.2 Å². The molecule has 0 atom stereocenters. The normalized spacial score (nSPS) is 11.8. The Kier molecular flexibility index (Phi) is 5.97. The van der Waals surface area contributed by atoms with E-state index in [-0.39, 0.29) is 11.1 Å². The molecule has 0 spiro atoms. The highest BCUT2D eigenvalue weighted by Gasteiger charge is 2.30. The van der Waals surface area contributed by atoms with Gasteiger partial charge in [-0.1, -0.05) is 32.9 Å². The van der Waals surface area contributed by atoms with Crippen LogP contribution in [0.15, 0.2) is 54.6 Å². The first kappa shape index (κ1) is 22.2. The Morgan fingerprint density at radius 2 is 1.71 bits per heavy atom. The number of methoxy groups -OCH3 is 1. The molecule has 0 unspecified atom stereocenters. The van der Waals surface area contributed by atoms with Crippen LogP contribution in [0.25, 0.3) is 5.69 Å². The van der Waals surface area contributed by atoms with E-state index in [1.54, 1.807) is 42.1 Å². The lowest BCUT2D eigenvalue weighted by molar-refractivity contribution is -0.137. The van der Waals surface area contributed by atoms with E-state index in [1.807, 2.05) is 20.8 Å². The lowest BCUT2D eigenvalue weighted by Crippen LogP contribution is -2.21. The number of hydrogen-bond donors (Lipinski definition) is 2. The third kappa shape index (κ3) is 5.36. The van der Waals surface area contributed by atoms with Crippen molar-refractivity contribution in [2.75, 3.05) is 17.7 Å². The van der Waals surface area contributed by atoms with E-state index in [4.69, 9.17) is 4.74 Å². The second-order valence-electron chi connectivity index (χ2n) is 7.94. The van der Waals surface area contributed by atoms with Crippen molar-refractivity contribution in [2.45, 2.75) is 32.4 Å². The zero-order chi connectivity index (χ0) is 22.8. The summed E-state index contributed by atoms with van der Waals surface area (Å²) in [7, 11) is 1.55. The number of ether oxygens (including phenoxy) is 1. The van der Waals surface area contributed by atoms with Crippen LogP contribution in [0.5, 0.6) is 5.75 Å². The van der Waals surface area contributed by atoms with Crippen molar-refractivity contribution in [1.29, 1.82) is 0 Å². The van der Waals surface area contributed by atoms with Gasteiger partial charge in [-0.15, -0.1) is 0 Å². The highest BCUT2D eigenvalue weighted by Crippen LogP contribution is 2.31. The molecule has 0 bridgehead atoms. The summed E-state index contributed by atoms with van der Waals surface area (Å²) in [4.78, 5) is 12.5. The van der Waals surface area contributed by atoms with E-state index in [1.165, 1.54) is 12.1 Å². The first-order chi connectivity index (χ1) is 14.5. The zero-order valence-corrected chi connectivity index (χ0v) is 17.5. The van der Waals surface area contributed by atoms with Gasteiger partial charge in [0.25, 0.3) is 0 Å². The highest BCUT2D eigenvalue weighted by atomic mass is 19.4. The zero-order valence-electron chi connectivity index (χ0n) is 17.5. The van der Waals surface area contributed by atoms with Crippen LogP contribution in [0.3, 0.4) is 0 Å². The molecule has 1 aromatic heterocycles. The van der Waals surface area contributed by atoms with Gasteiger partial charge in [0.2, 0.25) is 0 Å². The molecular weight excluding hydrogens is 409 g/mol. The van der Waals surface area contributed by atoms with Gasteiger partial charge >= 0.3 is 12.2 Å². The van der Waals surface area contributed by atoms with Crippen molar-refractivity contribution < 1.29 is 22.7 Å². The number of anilines is 2. The van der Waals surface area contributed by atoms with E-state index in [0.717, 1.165) is 17.8 Å². The number of carbonyl (C=O) groups is 1. The number of aromatic nitrogens is 2. The van der Waals surface area contributed by atoms with Crippen molar-refractivity contribution in [2.24, 2.45) is 0 Å². The van der Waals surface area contributed by atoms with Gasteiger partial charge in [-0.05, 0) is 30.3 Å². The summed E-state index contributed by atoms with van der Waals surface area (Å²) >= 11 is 0. The van der Waals surface area contributed by atoms with Crippen molar-refractivity contribution in [1.82, 2.24) is 9.78 Å². The molecular formula is C22H23F3N4O2. The number of rotatable bonds is 4. The number of halogens is 3. The fraction of sp³-hybridized carbons (Fsp3) is 0.273. The van der Waals surface area contributed by atoms with Crippen molar-refractivity contribution >= 4 is 17.5 Å². The summed E-state index contributed by atoms with van der Waals surface area (Å²) in [5, 5.41) is 9.71. The van der Waals surface area contributed by atoms with E-state index in [0.29, 0.717) is 17.3 Å². The van der Waals surface area contributed by atoms with Gasteiger partial charge in [-0.3, -0.25) is 5.32 Å². The van der Waals surface area contributed by atoms with Crippen LogP contribution >= 0.6 is 0 Å². The number of nitrogens with zero attached hydrogens (tertiary/aromatic N) is 2. The van der Waals surface area contributed by atoms with Crippen LogP contribution in [0.1, 0.15) is 32.0 Å². The van der Waals surface area contributed by atoms with Crippen LogP contribution in [-0.2, 0) is 11.6 Å². The monoisotopic (exact) mass is 432 g/mol. The molecule has 2 amide bonds. The first-order valence-electron chi connectivity index (χ1n) is 9.47. The Morgan fingerprint density at radius 1 is 1.00 bits per heavy atom. The predicted octanol–water partition coefficient (Wildman–Crippen LogP) is 5.84. The fourth-order valence-corrected chi connectivity index (χ4v) is 2.83. The Morgan fingerprint density at radius 3 is 2.35 bits per heavy atom. The summed E-state index contributed by atoms with van der Waals surface area (Å²) < 4.78 is 45.6. The molecule has 0 saturated carbocycles. The molecule has 3 aromatic rings. The Bertz CT molecular complexity index is 1080. The van der Waals surface area contributed by atoms with Crippen molar-refractivity contribution in [3.05, 3.63) is 65.9 Å². The summed E-state index contributed by atoms with van der Waals surface area (Å²) in [5.41, 5.74) is 0.268. The van der Waals surface area contributed by atoms with Crippen LogP contribution in [-0.4, -0.2) is 22.9 Å². The number of urea groups is 1. The van der Waals surface area contributed by atoms with E-state index in [9.17, 15) is 18.0 Å². The minimum absolute atomic E-state index is 0.0239. The number of alkyl halides is 3. The van der Waals surface area contributed by atoms with Crippen LogP contribution in [0.4, 0.5) is 29.5 Å². The third-order valence-electron chi connectivity index (χ3n) is 4.47. The second kappa shape index (κ2) is 8.33. The number of amides is 2. The van der Waals surface area contributed by atoms with Crippen molar-refractivity contribution in [3.8, 4) is 11.4 Å². The largest absolute Gasteiger partial charge is 0.497 e. The average molecular weight is 432 g/mol. The molecule has 31 heavy (non-hydrogen) atoms. The van der Waals surface area contributed by atoms with Gasteiger partial charge in [0.05, 0.1) is 24.1 Å². The Hall–Kier alpha value is -3.49. The molecule has 9 heteroatoms. The Balaban J connectivity index is 1.90. The van der Waals surface area contributed by atoms with Gasteiger partial charge < -0.3 is 10.1 Å². The van der Waals surface area contributed by atoms with E-state index in [2.05, 4.69) is 15.7 Å². The highest BCUT2D eigenvalue weighted by molar-refractivity contribution is 5.99. The molecule has 3 rings (SSSR count). The standard InChI is InChI=1S/C22H23F3N4O2/c1-21(2,3)18-13-19(29(28-18)16-9-6-10-17(12-16)31-4)27-20(30)26-15-8-5-7-14(11-15)22(23,24)25/h5-13H,1-4H3,(H2,26,27,30). The molecule has 1 heterocycles. The van der Waals surface area contributed by atoms with Crippen molar-refractivity contribution in [3.63, 3.8) is 0 Å². The molecule has 0 fully saturated rings. The van der Waals surface area contributed by atoms with Gasteiger partial charge in [0.15, 0.2) is 0 Å². The average Bonchev–Trinajstić information content (AvgIpc) is 3.11. The molecule has 0 radical (unpaired) electrons. The van der Waals surface area contributed by atoms with Crippen LogP contribution in [0, 0.1) is 0 Å². The van der Waals surface area contributed by atoms with E-state index >= 15 is 0 Å². The summed E-state index contributed by atoms with van der Waals surface area (Å²) in [5.74, 6) is 0.979. The molecule has 0 saturated heterocycles. The van der Waals surface area contributed by atoms with Gasteiger partial charge in [0.1, 0.15) is 11.6 Å². The summed E-state index contributed by atoms with van der Waals surface area (Å²) in [6.07, 6.45) is -4.50. The fourth-order valence-electron chi connectivity index (χ4n) is 2.83. The maximum atomic E-state index is 12.9. The number of benzene rings is 2. The lowest BCUT2D eigenvalue weighted by atomic mass is 9.92.